The Morgan fingerprint density at radius 2 is 2.00 bits per heavy atom. The summed E-state index contributed by atoms with van der Waals surface area (Å²) in [6, 6.07) is 3.62. The first-order chi connectivity index (χ1) is 10.4. The molecule has 0 saturated carbocycles. The molecule has 0 amide bonds. The van der Waals surface area contributed by atoms with Gasteiger partial charge in [-0.2, -0.15) is 4.31 Å². The van der Waals surface area contributed by atoms with Crippen LogP contribution < -0.4 is 10.1 Å². The molecule has 122 valence electrons. The van der Waals surface area contributed by atoms with Crippen LogP contribution in [-0.4, -0.2) is 45.0 Å². The van der Waals surface area contributed by atoms with Gasteiger partial charge in [0.25, 0.3) is 0 Å². The summed E-state index contributed by atoms with van der Waals surface area (Å²) in [5.41, 5.74) is 0.878. The molecule has 5 nitrogen and oxygen atoms in total. The minimum atomic E-state index is -3.49. The molecule has 0 aliphatic carbocycles. The van der Waals surface area contributed by atoms with Gasteiger partial charge in [-0.25, -0.2) is 8.42 Å². The standard InChI is InChI=1S/C15H21ClN2O3S/c1-10-7-11-8-13(9-14(16)15(11)21-10)22(19,20)18-5-3-12(17-2)4-6-18/h8-10,12,17H,3-7H2,1-2H3. The van der Waals surface area contributed by atoms with Crippen LogP contribution in [0, 0.1) is 0 Å². The number of nitrogens with zero attached hydrogens (tertiary/aromatic N) is 1. The van der Waals surface area contributed by atoms with Crippen molar-refractivity contribution in [3.05, 3.63) is 22.7 Å². The molecule has 0 aromatic heterocycles. The molecule has 1 unspecified atom stereocenters. The van der Waals surface area contributed by atoms with Gasteiger partial charge in [0.05, 0.1) is 9.92 Å². The van der Waals surface area contributed by atoms with E-state index in [1.807, 2.05) is 14.0 Å². The topological polar surface area (TPSA) is 58.6 Å². The van der Waals surface area contributed by atoms with E-state index in [9.17, 15) is 8.42 Å². The molecule has 1 aromatic carbocycles. The monoisotopic (exact) mass is 344 g/mol. The normalized spacial score (nSPS) is 23.3. The Morgan fingerprint density at radius 1 is 1.32 bits per heavy atom. The molecule has 0 spiro atoms. The number of halogens is 1. The van der Waals surface area contributed by atoms with Gasteiger partial charge in [-0.1, -0.05) is 11.6 Å². The van der Waals surface area contributed by atoms with Gasteiger partial charge in [0, 0.05) is 31.1 Å². The highest BCUT2D eigenvalue weighted by Crippen LogP contribution is 2.38. The van der Waals surface area contributed by atoms with Crippen molar-refractivity contribution < 1.29 is 13.2 Å². The summed E-state index contributed by atoms with van der Waals surface area (Å²) in [7, 11) is -1.58. The van der Waals surface area contributed by atoms with E-state index in [0.717, 1.165) is 18.4 Å². The molecule has 0 radical (unpaired) electrons. The largest absolute Gasteiger partial charge is 0.489 e. The number of rotatable bonds is 3. The van der Waals surface area contributed by atoms with E-state index in [1.54, 1.807) is 10.4 Å². The number of fused-ring (bicyclic) bond motifs is 1. The maximum atomic E-state index is 12.8. The molecule has 1 saturated heterocycles. The second kappa shape index (κ2) is 6.00. The zero-order chi connectivity index (χ0) is 15.9. The van der Waals surface area contributed by atoms with E-state index in [0.29, 0.717) is 36.3 Å². The van der Waals surface area contributed by atoms with Gasteiger partial charge in [-0.05, 0) is 38.9 Å². The van der Waals surface area contributed by atoms with Gasteiger partial charge in [0.2, 0.25) is 10.0 Å². The Morgan fingerprint density at radius 3 is 2.64 bits per heavy atom. The fourth-order valence-corrected chi connectivity index (χ4v) is 5.04. The first-order valence-electron chi connectivity index (χ1n) is 7.58. The van der Waals surface area contributed by atoms with E-state index in [-0.39, 0.29) is 11.0 Å². The van der Waals surface area contributed by atoms with Crippen LogP contribution in [0.25, 0.3) is 0 Å². The SMILES string of the molecule is CNC1CCN(S(=O)(=O)c2cc(Cl)c3c(c2)CC(C)O3)CC1. The van der Waals surface area contributed by atoms with Crippen LogP contribution in [0.4, 0.5) is 0 Å². The summed E-state index contributed by atoms with van der Waals surface area (Å²) in [6.45, 7) is 3.03. The summed E-state index contributed by atoms with van der Waals surface area (Å²) in [4.78, 5) is 0.275. The van der Waals surface area contributed by atoms with Crippen LogP contribution in [0.3, 0.4) is 0 Å². The van der Waals surface area contributed by atoms with Gasteiger partial charge in [-0.3, -0.25) is 0 Å². The van der Waals surface area contributed by atoms with Crippen LogP contribution in [0.5, 0.6) is 5.75 Å². The Hall–Kier alpha value is -0.820. The summed E-state index contributed by atoms with van der Waals surface area (Å²) in [5.74, 6) is 0.627. The zero-order valence-corrected chi connectivity index (χ0v) is 14.4. The number of benzene rings is 1. The van der Waals surface area contributed by atoms with Crippen molar-refractivity contribution in [2.24, 2.45) is 0 Å². The average Bonchev–Trinajstić information content (AvgIpc) is 2.88. The number of nitrogens with one attached hydrogen (secondary N) is 1. The average molecular weight is 345 g/mol. The summed E-state index contributed by atoms with van der Waals surface area (Å²) in [6.07, 6.45) is 2.39. The molecule has 7 heteroatoms. The van der Waals surface area contributed by atoms with Crippen molar-refractivity contribution in [3.63, 3.8) is 0 Å². The molecule has 1 fully saturated rings. The van der Waals surface area contributed by atoms with Crippen LogP contribution in [-0.2, 0) is 16.4 Å². The van der Waals surface area contributed by atoms with Crippen molar-refractivity contribution in [2.45, 2.75) is 43.2 Å². The van der Waals surface area contributed by atoms with E-state index in [2.05, 4.69) is 5.32 Å². The molecule has 2 aliphatic heterocycles. The van der Waals surface area contributed by atoms with Crippen molar-refractivity contribution in [2.75, 3.05) is 20.1 Å². The van der Waals surface area contributed by atoms with Crippen molar-refractivity contribution in [1.82, 2.24) is 9.62 Å². The van der Waals surface area contributed by atoms with E-state index >= 15 is 0 Å². The Bertz CT molecular complexity index is 670. The van der Waals surface area contributed by atoms with Gasteiger partial charge < -0.3 is 10.1 Å². The number of piperidine rings is 1. The maximum absolute atomic E-state index is 12.8. The third-order valence-corrected chi connectivity index (χ3v) is 6.58. The van der Waals surface area contributed by atoms with Crippen molar-refractivity contribution in [3.8, 4) is 5.75 Å². The third-order valence-electron chi connectivity index (χ3n) is 4.42. The lowest BCUT2D eigenvalue weighted by molar-refractivity contribution is 0.255. The highest BCUT2D eigenvalue weighted by Gasteiger charge is 2.31. The molecule has 1 N–H and O–H groups in total. The fourth-order valence-electron chi connectivity index (χ4n) is 3.14. The third kappa shape index (κ3) is 2.85. The highest BCUT2D eigenvalue weighted by atomic mass is 35.5. The summed E-state index contributed by atoms with van der Waals surface area (Å²) in [5, 5.41) is 3.58. The zero-order valence-electron chi connectivity index (χ0n) is 12.8. The lowest BCUT2D eigenvalue weighted by Crippen LogP contribution is -2.43. The molecule has 2 heterocycles. The first-order valence-corrected chi connectivity index (χ1v) is 9.40. The van der Waals surface area contributed by atoms with E-state index in [1.165, 1.54) is 6.07 Å². The van der Waals surface area contributed by atoms with Crippen LogP contribution in [0.2, 0.25) is 5.02 Å². The predicted octanol–water partition coefficient (Wildman–Crippen LogP) is 2.04. The molecule has 2 aliphatic rings. The highest BCUT2D eigenvalue weighted by molar-refractivity contribution is 7.89. The molecular formula is C15H21ClN2O3S. The minimum Gasteiger partial charge on any atom is -0.489 e. The molecule has 0 bridgehead atoms. The lowest BCUT2D eigenvalue weighted by Gasteiger charge is -2.31. The second-order valence-corrected chi connectivity index (χ2v) is 8.34. The fraction of sp³-hybridized carbons (Fsp3) is 0.600. The summed E-state index contributed by atoms with van der Waals surface area (Å²) < 4.78 is 32.8. The summed E-state index contributed by atoms with van der Waals surface area (Å²) >= 11 is 6.21. The van der Waals surface area contributed by atoms with E-state index < -0.39 is 10.0 Å². The number of sulfonamides is 1. The molecule has 22 heavy (non-hydrogen) atoms. The number of hydrogen-bond acceptors (Lipinski definition) is 4. The predicted molar refractivity (Wildman–Crippen MR) is 86.1 cm³/mol. The molecular weight excluding hydrogens is 324 g/mol. The Kier molecular flexibility index (Phi) is 4.38. The molecule has 1 aromatic rings. The van der Waals surface area contributed by atoms with Crippen LogP contribution in [0.1, 0.15) is 25.3 Å². The van der Waals surface area contributed by atoms with Crippen LogP contribution in [0.15, 0.2) is 17.0 Å². The quantitative estimate of drug-likeness (QED) is 0.911. The Labute approximate surface area is 136 Å². The van der Waals surface area contributed by atoms with Crippen molar-refractivity contribution in [1.29, 1.82) is 0 Å². The number of ether oxygens (including phenoxy) is 1. The second-order valence-electron chi connectivity index (χ2n) is 5.99. The van der Waals surface area contributed by atoms with Crippen molar-refractivity contribution >= 4 is 21.6 Å². The van der Waals surface area contributed by atoms with Gasteiger partial charge in [-0.15, -0.1) is 0 Å². The Balaban J connectivity index is 1.88. The van der Waals surface area contributed by atoms with Gasteiger partial charge >= 0.3 is 0 Å². The number of hydrogen-bond donors (Lipinski definition) is 1. The molecule has 3 rings (SSSR count). The molecule has 1 atom stereocenters. The van der Waals surface area contributed by atoms with Crippen LogP contribution >= 0.6 is 11.6 Å². The first kappa shape index (κ1) is 16.1. The van der Waals surface area contributed by atoms with Gasteiger partial charge in [0.1, 0.15) is 11.9 Å². The smallest absolute Gasteiger partial charge is 0.243 e. The van der Waals surface area contributed by atoms with Gasteiger partial charge in [0.15, 0.2) is 0 Å². The lowest BCUT2D eigenvalue weighted by atomic mass is 10.1. The minimum absolute atomic E-state index is 0.0387. The maximum Gasteiger partial charge on any atom is 0.243 e. The van der Waals surface area contributed by atoms with E-state index in [4.69, 9.17) is 16.3 Å².